The number of carboxylic acid groups (broad SMARTS) is 1. The van der Waals surface area contributed by atoms with Crippen LogP contribution in [0.25, 0.3) is 0 Å². The van der Waals surface area contributed by atoms with Crippen molar-refractivity contribution in [3.05, 3.63) is 12.7 Å². The fourth-order valence-electron chi connectivity index (χ4n) is 2.82. The lowest BCUT2D eigenvalue weighted by atomic mass is 9.84. The molecular formula is C13H19NO5. The number of ether oxygens (including phenoxy) is 2. The average molecular weight is 269 g/mol. The van der Waals surface area contributed by atoms with Crippen molar-refractivity contribution in [1.29, 1.82) is 0 Å². The van der Waals surface area contributed by atoms with Crippen molar-refractivity contribution in [1.82, 2.24) is 4.90 Å². The Bertz CT molecular complexity index is 383. The first-order valence-corrected chi connectivity index (χ1v) is 6.41. The third-order valence-corrected chi connectivity index (χ3v) is 3.71. The number of carbonyl (C=O) groups excluding carboxylic acids is 1. The Labute approximate surface area is 112 Å². The van der Waals surface area contributed by atoms with E-state index in [1.165, 1.54) is 6.08 Å². The number of hydrogen-bond donors (Lipinski definition) is 1. The third kappa shape index (κ3) is 3.26. The van der Waals surface area contributed by atoms with Crippen molar-refractivity contribution >= 4 is 12.1 Å². The molecule has 2 fully saturated rings. The van der Waals surface area contributed by atoms with E-state index in [2.05, 4.69) is 6.58 Å². The molecule has 2 atom stereocenters. The van der Waals surface area contributed by atoms with Gasteiger partial charge in [-0.15, -0.1) is 0 Å². The molecule has 1 N–H and O–H groups in total. The van der Waals surface area contributed by atoms with Gasteiger partial charge in [0.1, 0.15) is 6.61 Å². The van der Waals surface area contributed by atoms with E-state index in [1.54, 1.807) is 4.90 Å². The molecule has 19 heavy (non-hydrogen) atoms. The molecule has 2 saturated heterocycles. The van der Waals surface area contributed by atoms with E-state index in [1.807, 2.05) is 0 Å². The number of nitrogens with zero attached hydrogens (tertiary/aromatic N) is 1. The quantitative estimate of drug-likeness (QED) is 0.778. The number of rotatable bonds is 4. The van der Waals surface area contributed by atoms with E-state index in [-0.39, 0.29) is 30.6 Å². The average Bonchev–Trinajstić information content (AvgIpc) is 2.94. The topological polar surface area (TPSA) is 76.1 Å². The summed E-state index contributed by atoms with van der Waals surface area (Å²) in [6.45, 7) is 5.45. The number of amides is 1. The van der Waals surface area contributed by atoms with E-state index in [4.69, 9.17) is 14.6 Å². The number of aliphatic carboxylic acids is 1. The summed E-state index contributed by atoms with van der Waals surface area (Å²) >= 11 is 0. The van der Waals surface area contributed by atoms with E-state index in [0.717, 1.165) is 6.42 Å². The Morgan fingerprint density at radius 1 is 1.58 bits per heavy atom. The molecule has 2 heterocycles. The van der Waals surface area contributed by atoms with E-state index >= 15 is 0 Å². The summed E-state index contributed by atoms with van der Waals surface area (Å²) < 4.78 is 10.5. The number of likely N-dealkylation sites (tertiary alicyclic amines) is 1. The molecule has 6 nitrogen and oxygen atoms in total. The highest BCUT2D eigenvalue weighted by molar-refractivity contribution is 5.68. The summed E-state index contributed by atoms with van der Waals surface area (Å²) in [5.41, 5.74) is -0.0900. The Balaban J connectivity index is 1.86. The molecule has 6 heteroatoms. The molecule has 1 spiro atoms. The predicted molar refractivity (Wildman–Crippen MR) is 66.8 cm³/mol. The second kappa shape index (κ2) is 5.61. The first kappa shape index (κ1) is 13.9. The third-order valence-electron chi connectivity index (χ3n) is 3.71. The maximum Gasteiger partial charge on any atom is 0.410 e. The van der Waals surface area contributed by atoms with Gasteiger partial charge >= 0.3 is 12.1 Å². The van der Waals surface area contributed by atoms with Gasteiger partial charge in [-0.25, -0.2) is 4.79 Å². The summed E-state index contributed by atoms with van der Waals surface area (Å²) in [5.74, 6) is -0.845. The first-order valence-electron chi connectivity index (χ1n) is 6.41. The zero-order valence-electron chi connectivity index (χ0n) is 10.8. The molecule has 0 unspecified atom stereocenters. The Kier molecular flexibility index (Phi) is 4.09. The molecule has 0 saturated carbocycles. The molecule has 0 aromatic carbocycles. The normalized spacial score (nSPS) is 29.7. The summed E-state index contributed by atoms with van der Waals surface area (Å²) in [4.78, 5) is 24.1. The van der Waals surface area contributed by atoms with Crippen LogP contribution in [0.5, 0.6) is 0 Å². The van der Waals surface area contributed by atoms with Crippen LogP contribution in [0.2, 0.25) is 0 Å². The molecule has 2 aliphatic heterocycles. The van der Waals surface area contributed by atoms with Crippen LogP contribution in [0.3, 0.4) is 0 Å². The van der Waals surface area contributed by atoms with Gasteiger partial charge in [-0.05, 0) is 12.8 Å². The van der Waals surface area contributed by atoms with E-state index in [0.29, 0.717) is 26.1 Å². The molecule has 0 aliphatic carbocycles. The van der Waals surface area contributed by atoms with Gasteiger partial charge in [0.05, 0.1) is 19.1 Å². The summed E-state index contributed by atoms with van der Waals surface area (Å²) in [6.07, 6.45) is 2.53. The zero-order chi connectivity index (χ0) is 13.9. The SMILES string of the molecule is C=CCOC(=O)N1CC[C@]2(CO[C@H](CC(=O)O)C2)C1. The number of hydrogen-bond acceptors (Lipinski definition) is 4. The summed E-state index contributed by atoms with van der Waals surface area (Å²) in [6, 6.07) is 0. The van der Waals surface area contributed by atoms with Gasteiger partial charge < -0.3 is 19.5 Å². The van der Waals surface area contributed by atoms with Crippen LogP contribution in [0.1, 0.15) is 19.3 Å². The smallest absolute Gasteiger partial charge is 0.410 e. The monoisotopic (exact) mass is 269 g/mol. The van der Waals surface area contributed by atoms with Gasteiger partial charge in [-0.1, -0.05) is 12.7 Å². The lowest BCUT2D eigenvalue weighted by Gasteiger charge is -2.21. The molecule has 0 radical (unpaired) electrons. The van der Waals surface area contributed by atoms with Crippen molar-refractivity contribution in [3.63, 3.8) is 0 Å². The van der Waals surface area contributed by atoms with E-state index in [9.17, 15) is 9.59 Å². The summed E-state index contributed by atoms with van der Waals surface area (Å²) in [7, 11) is 0. The maximum absolute atomic E-state index is 11.7. The maximum atomic E-state index is 11.7. The van der Waals surface area contributed by atoms with Gasteiger partial charge in [0.2, 0.25) is 0 Å². The van der Waals surface area contributed by atoms with E-state index < -0.39 is 5.97 Å². The van der Waals surface area contributed by atoms with Crippen molar-refractivity contribution in [3.8, 4) is 0 Å². The Morgan fingerprint density at radius 3 is 3.05 bits per heavy atom. The van der Waals surface area contributed by atoms with Crippen LogP contribution < -0.4 is 0 Å². The Morgan fingerprint density at radius 2 is 2.37 bits per heavy atom. The molecule has 0 bridgehead atoms. The highest BCUT2D eigenvalue weighted by Gasteiger charge is 2.46. The predicted octanol–water partition coefficient (Wildman–Crippen LogP) is 1.26. The van der Waals surface area contributed by atoms with Crippen LogP contribution >= 0.6 is 0 Å². The minimum absolute atomic E-state index is 0.0304. The fourth-order valence-corrected chi connectivity index (χ4v) is 2.82. The molecule has 2 rings (SSSR count). The van der Waals surface area contributed by atoms with Gasteiger partial charge in [-0.2, -0.15) is 0 Å². The molecular weight excluding hydrogens is 250 g/mol. The van der Waals surface area contributed by atoms with Gasteiger partial charge in [0, 0.05) is 18.5 Å². The van der Waals surface area contributed by atoms with Crippen LogP contribution in [0.15, 0.2) is 12.7 Å². The van der Waals surface area contributed by atoms with Crippen LogP contribution in [0, 0.1) is 5.41 Å². The second-order valence-corrected chi connectivity index (χ2v) is 5.27. The van der Waals surface area contributed by atoms with Gasteiger partial charge in [0.15, 0.2) is 0 Å². The highest BCUT2D eigenvalue weighted by Crippen LogP contribution is 2.42. The van der Waals surface area contributed by atoms with Gasteiger partial charge in [-0.3, -0.25) is 4.79 Å². The lowest BCUT2D eigenvalue weighted by Crippen LogP contribution is -2.33. The largest absolute Gasteiger partial charge is 0.481 e. The van der Waals surface area contributed by atoms with Crippen LogP contribution in [-0.2, 0) is 14.3 Å². The molecule has 2 aliphatic rings. The molecule has 0 aromatic rings. The van der Waals surface area contributed by atoms with Crippen molar-refractivity contribution < 1.29 is 24.2 Å². The number of carbonyl (C=O) groups is 2. The summed E-state index contributed by atoms with van der Waals surface area (Å²) in [5, 5.41) is 8.77. The zero-order valence-corrected chi connectivity index (χ0v) is 10.8. The number of carboxylic acids is 1. The standard InChI is InChI=1S/C13H19NO5/c1-2-5-18-12(17)14-4-3-13(8-14)7-10(19-9-13)6-11(15)16/h2,10H,1,3-9H2,(H,15,16)/t10-,13-/m1/s1. The Hall–Kier alpha value is -1.56. The van der Waals surface area contributed by atoms with Crippen LogP contribution in [0.4, 0.5) is 4.79 Å². The first-order chi connectivity index (χ1) is 9.04. The van der Waals surface area contributed by atoms with Crippen molar-refractivity contribution in [2.24, 2.45) is 5.41 Å². The lowest BCUT2D eigenvalue weighted by molar-refractivity contribution is -0.139. The minimum atomic E-state index is -0.845. The molecule has 106 valence electrons. The second-order valence-electron chi connectivity index (χ2n) is 5.27. The fraction of sp³-hybridized carbons (Fsp3) is 0.692. The van der Waals surface area contributed by atoms with Crippen molar-refractivity contribution in [2.75, 3.05) is 26.3 Å². The minimum Gasteiger partial charge on any atom is -0.481 e. The highest BCUT2D eigenvalue weighted by atomic mass is 16.6. The molecule has 0 aromatic heterocycles. The van der Waals surface area contributed by atoms with Gasteiger partial charge in [0.25, 0.3) is 0 Å². The molecule has 1 amide bonds. The van der Waals surface area contributed by atoms with Crippen molar-refractivity contribution in [2.45, 2.75) is 25.4 Å². The van der Waals surface area contributed by atoms with Crippen LogP contribution in [-0.4, -0.2) is 54.5 Å².